The first-order valence-corrected chi connectivity index (χ1v) is 29.9. The van der Waals surface area contributed by atoms with Gasteiger partial charge >= 0.3 is 6.85 Å². The summed E-state index contributed by atoms with van der Waals surface area (Å²) in [6.45, 7) is 39.5. The van der Waals surface area contributed by atoms with Gasteiger partial charge in [0.25, 0.3) is 0 Å². The van der Waals surface area contributed by atoms with Crippen LogP contribution in [0, 0.1) is 0 Å². The van der Waals surface area contributed by atoms with Crippen molar-refractivity contribution in [3.63, 3.8) is 0 Å². The first kappa shape index (κ1) is 52.3. The van der Waals surface area contributed by atoms with Crippen LogP contribution in [0.15, 0.2) is 168 Å². The molecule has 0 amide bonds. The predicted molar refractivity (Wildman–Crippen MR) is 353 cm³/mol. The zero-order chi connectivity index (χ0) is 57.7. The zero-order valence-electron chi connectivity index (χ0n) is 51.4. The largest absolute Gasteiger partial charge is 0.455 e. The van der Waals surface area contributed by atoms with Crippen LogP contribution in [0.4, 0.5) is 28.4 Å². The molecule has 9 aromatic carbocycles. The van der Waals surface area contributed by atoms with Crippen LogP contribution in [0.25, 0.3) is 71.7 Å². The molecule has 5 heteroatoms. The van der Waals surface area contributed by atoms with Crippen LogP contribution in [-0.4, -0.2) is 11.4 Å². The lowest BCUT2D eigenvalue weighted by molar-refractivity contribution is 0.590. The molecule has 410 valence electrons. The highest BCUT2D eigenvalue weighted by Crippen LogP contribution is 2.58. The molecule has 0 atom stereocenters. The van der Waals surface area contributed by atoms with E-state index in [1.54, 1.807) is 0 Å². The van der Waals surface area contributed by atoms with Crippen molar-refractivity contribution in [3.8, 4) is 27.9 Å². The molecule has 2 aliphatic heterocycles. The average Bonchev–Trinajstić information content (AvgIpc) is 1.49. The number of anilines is 5. The lowest BCUT2D eigenvalue weighted by Gasteiger charge is -2.43. The van der Waals surface area contributed by atoms with Crippen molar-refractivity contribution >= 4 is 90.0 Å². The number of hydrogen-bond acceptors (Lipinski definition) is 3. The highest BCUT2D eigenvalue weighted by molar-refractivity contribution is 6.94. The second-order valence-electron chi connectivity index (χ2n) is 29.9. The van der Waals surface area contributed by atoms with Gasteiger partial charge in [0.1, 0.15) is 11.2 Å². The Labute approximate surface area is 486 Å². The Morgan fingerprint density at radius 1 is 0.439 bits per heavy atom. The molecular weight excluding hydrogens is 994 g/mol. The molecule has 0 saturated carbocycles. The van der Waals surface area contributed by atoms with Crippen LogP contribution in [-0.2, 0) is 32.5 Å². The van der Waals surface area contributed by atoms with E-state index in [0.29, 0.717) is 0 Å². The van der Waals surface area contributed by atoms with E-state index < -0.39 is 0 Å². The van der Waals surface area contributed by atoms with Crippen molar-refractivity contribution in [2.75, 3.05) is 9.71 Å². The van der Waals surface area contributed by atoms with Crippen LogP contribution in [0.5, 0.6) is 0 Å². The van der Waals surface area contributed by atoms with E-state index in [-0.39, 0.29) is 39.3 Å². The lowest BCUT2D eigenvalue weighted by atomic mass is 9.43. The zero-order valence-corrected chi connectivity index (χ0v) is 51.4. The summed E-state index contributed by atoms with van der Waals surface area (Å²) in [6.07, 6.45) is 0. The van der Waals surface area contributed by atoms with Crippen LogP contribution in [0.3, 0.4) is 0 Å². The topological polar surface area (TPSA) is 24.6 Å². The van der Waals surface area contributed by atoms with Gasteiger partial charge in [0.05, 0.1) is 11.0 Å². The SMILES string of the molecule is CC(C)(C)c1ccc(N2B3c4cc(C(C)(C)C)ccc4-n4c5ccc(C(C)(C)C)cc5c5c6c(oc7ccccc76)c(c3c54)-c3cc4c(cc32)C(C)(C)c2cc(N(c3ccc(C(C)(C)C)cc3)c3ccc(C(C)(C)C)cc3)ccc2-4)cc1. The van der Waals surface area contributed by atoms with Crippen molar-refractivity contribution in [2.45, 2.75) is 150 Å². The molecule has 1 aliphatic carbocycles. The minimum absolute atomic E-state index is 0.00724. The molecule has 82 heavy (non-hydrogen) atoms. The van der Waals surface area contributed by atoms with E-state index in [2.05, 4.69) is 296 Å². The van der Waals surface area contributed by atoms with Crippen molar-refractivity contribution in [3.05, 3.63) is 203 Å². The lowest BCUT2D eigenvalue weighted by Crippen LogP contribution is -2.60. The molecule has 2 aromatic heterocycles. The third-order valence-corrected chi connectivity index (χ3v) is 18.9. The number of rotatable bonds is 4. The van der Waals surface area contributed by atoms with Crippen LogP contribution in [0.2, 0.25) is 0 Å². The minimum atomic E-state index is -0.352. The second-order valence-corrected chi connectivity index (χ2v) is 29.9. The number of benzene rings is 9. The number of furan rings is 1. The number of nitrogens with zero attached hydrogens (tertiary/aromatic N) is 3. The summed E-state index contributed by atoms with van der Waals surface area (Å²) in [5, 5.41) is 4.88. The van der Waals surface area contributed by atoms with Crippen molar-refractivity contribution in [2.24, 2.45) is 0 Å². The van der Waals surface area contributed by atoms with Crippen LogP contribution < -0.4 is 20.6 Å². The van der Waals surface area contributed by atoms with E-state index in [1.165, 1.54) is 116 Å². The van der Waals surface area contributed by atoms with Gasteiger partial charge in [0.2, 0.25) is 0 Å². The maximum atomic E-state index is 7.48. The van der Waals surface area contributed by atoms with Gasteiger partial charge in [0, 0.05) is 72.2 Å². The summed E-state index contributed by atoms with van der Waals surface area (Å²) in [6, 6.07) is 63.8. The van der Waals surface area contributed by atoms with Gasteiger partial charge in [-0.25, -0.2) is 0 Å². The number of fused-ring (bicyclic) bond motifs is 16. The van der Waals surface area contributed by atoms with Crippen molar-refractivity contribution in [1.29, 1.82) is 0 Å². The van der Waals surface area contributed by atoms with E-state index in [0.717, 1.165) is 33.6 Å². The fraction of sp³-hybridized carbons (Fsp3) is 0.299. The van der Waals surface area contributed by atoms with Gasteiger partial charge in [-0.1, -0.05) is 197 Å². The Morgan fingerprint density at radius 3 is 1.56 bits per heavy atom. The summed E-state index contributed by atoms with van der Waals surface area (Å²) < 4.78 is 10.1. The quantitative estimate of drug-likeness (QED) is 0.164. The first-order valence-electron chi connectivity index (χ1n) is 29.9. The molecule has 0 N–H and O–H groups in total. The second kappa shape index (κ2) is 17.2. The first-order chi connectivity index (χ1) is 38.6. The Hall–Kier alpha value is -7.76. The third-order valence-electron chi connectivity index (χ3n) is 18.9. The van der Waals surface area contributed by atoms with Gasteiger partial charge in [-0.15, -0.1) is 0 Å². The Balaban J connectivity index is 1.08. The molecule has 4 heterocycles. The summed E-state index contributed by atoms with van der Waals surface area (Å²) in [7, 11) is 0. The van der Waals surface area contributed by atoms with E-state index in [1.807, 2.05) is 0 Å². The fourth-order valence-corrected chi connectivity index (χ4v) is 14.1. The van der Waals surface area contributed by atoms with E-state index in [9.17, 15) is 0 Å². The van der Waals surface area contributed by atoms with Gasteiger partial charge in [0.15, 0.2) is 0 Å². The molecule has 4 nitrogen and oxygen atoms in total. The minimum Gasteiger partial charge on any atom is -0.455 e. The summed E-state index contributed by atoms with van der Waals surface area (Å²) in [5.41, 5.74) is 27.8. The smallest absolute Gasteiger partial charge is 0.333 e. The van der Waals surface area contributed by atoms with Crippen molar-refractivity contribution in [1.82, 2.24) is 4.57 Å². The summed E-state index contributed by atoms with van der Waals surface area (Å²) in [4.78, 5) is 5.18. The van der Waals surface area contributed by atoms with Gasteiger partial charge in [-0.2, -0.15) is 0 Å². The maximum absolute atomic E-state index is 7.48. The standard InChI is InChI=1S/C77H78BN3O/c1-72(2,3)45-22-30-50(31-23-45)79(51-32-24-46(25-33-51)73(4,5)6)53-36-37-54-56-43-58-64(44-60(56)77(16,17)59(54)42-53)81(52-34-26-47(27-35-52)74(7,8)9)78-61-41-49(76(13,14)15)29-39-63(61)80-62-38-28-48(75(10,11)12)40-57(62)66-67-55-20-18-19-21-65(55)82-71(67)68(58)69(78)70(66)80/h18-44H,1-17H3. The molecule has 0 bridgehead atoms. The average molecular weight is 1070 g/mol. The normalized spacial score (nSPS) is 14.7. The Bertz CT molecular complexity index is 4420. The third kappa shape index (κ3) is 7.70. The van der Waals surface area contributed by atoms with Gasteiger partial charge in [-0.05, 0) is 173 Å². The van der Waals surface area contributed by atoms with Crippen LogP contribution in [0.1, 0.15) is 157 Å². The molecule has 0 fully saturated rings. The summed E-state index contributed by atoms with van der Waals surface area (Å²) in [5.74, 6) is 0. The molecule has 0 radical (unpaired) electrons. The van der Waals surface area contributed by atoms with Gasteiger partial charge < -0.3 is 18.7 Å². The maximum Gasteiger partial charge on any atom is 0.333 e. The van der Waals surface area contributed by atoms with E-state index in [4.69, 9.17) is 4.42 Å². The molecule has 0 saturated heterocycles. The molecule has 0 spiro atoms. The molecule has 3 aliphatic rings. The number of para-hydroxylation sites is 1. The molecule has 11 aromatic rings. The summed E-state index contributed by atoms with van der Waals surface area (Å²) >= 11 is 0. The molecule has 14 rings (SSSR count). The molecule has 0 unspecified atom stereocenters. The highest BCUT2D eigenvalue weighted by Gasteiger charge is 2.48. The molecular formula is C77H78BN3O. The predicted octanol–water partition coefficient (Wildman–Crippen LogP) is 20.2. The van der Waals surface area contributed by atoms with E-state index >= 15 is 0 Å². The Morgan fingerprint density at radius 2 is 0.963 bits per heavy atom. The number of hydrogen-bond donors (Lipinski definition) is 0. The van der Waals surface area contributed by atoms with Crippen LogP contribution >= 0.6 is 0 Å². The van der Waals surface area contributed by atoms with Crippen molar-refractivity contribution < 1.29 is 4.42 Å². The highest BCUT2D eigenvalue weighted by atomic mass is 16.3. The number of aromatic nitrogens is 1. The monoisotopic (exact) mass is 1070 g/mol. The fourth-order valence-electron chi connectivity index (χ4n) is 14.1. The van der Waals surface area contributed by atoms with Gasteiger partial charge in [-0.3, -0.25) is 0 Å². The Kier molecular flexibility index (Phi) is 11.0.